The summed E-state index contributed by atoms with van der Waals surface area (Å²) < 4.78 is 43.8. The summed E-state index contributed by atoms with van der Waals surface area (Å²) in [7, 11) is -2.65. The van der Waals surface area contributed by atoms with Crippen molar-refractivity contribution >= 4 is 27.3 Å². The summed E-state index contributed by atoms with van der Waals surface area (Å²) >= 11 is 1.43. The molecule has 3 rings (SSSR count). The van der Waals surface area contributed by atoms with E-state index in [1.165, 1.54) is 18.4 Å². The summed E-state index contributed by atoms with van der Waals surface area (Å²) in [4.78, 5) is 16.3. The van der Waals surface area contributed by atoms with Crippen molar-refractivity contribution in [3.05, 3.63) is 71.5 Å². The molecule has 3 aromatic rings. The highest BCUT2D eigenvalue weighted by Crippen LogP contribution is 2.23. The molecule has 0 unspecified atom stereocenters. The molecule has 0 saturated heterocycles. The van der Waals surface area contributed by atoms with Crippen LogP contribution in [-0.2, 0) is 26.2 Å². The molecule has 0 radical (unpaired) electrons. The molecule has 0 bridgehead atoms. The van der Waals surface area contributed by atoms with Gasteiger partial charge in [-0.2, -0.15) is 4.31 Å². The van der Waals surface area contributed by atoms with E-state index >= 15 is 0 Å². The van der Waals surface area contributed by atoms with Gasteiger partial charge in [0, 0.05) is 18.0 Å². The topological polar surface area (TPSA) is 76.6 Å². The number of benzene rings is 2. The van der Waals surface area contributed by atoms with Gasteiger partial charge >= 0.3 is 5.97 Å². The Balaban J connectivity index is 1.57. The lowest BCUT2D eigenvalue weighted by atomic mass is 10.2. The lowest BCUT2D eigenvalue weighted by Crippen LogP contribution is -2.33. The molecular formula is C19H17FN2O4S2. The molecule has 1 aromatic heterocycles. The van der Waals surface area contributed by atoms with E-state index in [1.807, 2.05) is 30.3 Å². The Kier molecular flexibility index (Phi) is 6.18. The Morgan fingerprint density at radius 1 is 1.14 bits per heavy atom. The molecule has 0 aliphatic rings. The zero-order valence-electron chi connectivity index (χ0n) is 14.9. The molecule has 9 heteroatoms. The predicted molar refractivity (Wildman–Crippen MR) is 104 cm³/mol. The van der Waals surface area contributed by atoms with Gasteiger partial charge in [0.25, 0.3) is 0 Å². The van der Waals surface area contributed by atoms with Crippen molar-refractivity contribution in [2.75, 3.05) is 13.6 Å². The van der Waals surface area contributed by atoms with Gasteiger partial charge in [-0.3, -0.25) is 4.79 Å². The molecule has 146 valence electrons. The molecule has 0 spiro atoms. The maximum atomic E-state index is 13.0. The number of esters is 1. The first kappa shape index (κ1) is 20.1. The third-order valence-electron chi connectivity index (χ3n) is 3.83. The van der Waals surface area contributed by atoms with E-state index in [1.54, 1.807) is 5.38 Å². The molecule has 0 fully saturated rings. The SMILES string of the molecule is CN(CC(=O)OCc1csc(-c2ccccc2)n1)S(=O)(=O)c1ccc(F)cc1. The van der Waals surface area contributed by atoms with Crippen LogP contribution in [0.25, 0.3) is 10.6 Å². The fraction of sp³-hybridized carbons (Fsp3) is 0.158. The molecule has 2 aromatic carbocycles. The first-order valence-corrected chi connectivity index (χ1v) is 10.6. The normalized spacial score (nSPS) is 11.5. The summed E-state index contributed by atoms with van der Waals surface area (Å²) in [6, 6.07) is 14.0. The number of aromatic nitrogens is 1. The van der Waals surface area contributed by atoms with Gasteiger partial charge in [0.15, 0.2) is 0 Å². The molecule has 6 nitrogen and oxygen atoms in total. The highest BCUT2D eigenvalue weighted by atomic mass is 32.2. The molecule has 0 amide bonds. The molecule has 0 aliphatic heterocycles. The second-order valence-electron chi connectivity index (χ2n) is 5.89. The summed E-state index contributed by atoms with van der Waals surface area (Å²) in [5.74, 6) is -1.25. The number of ether oxygens (including phenoxy) is 1. The Bertz CT molecular complexity index is 1050. The van der Waals surface area contributed by atoms with E-state index in [9.17, 15) is 17.6 Å². The lowest BCUT2D eigenvalue weighted by Gasteiger charge is -2.16. The van der Waals surface area contributed by atoms with Crippen molar-refractivity contribution in [2.24, 2.45) is 0 Å². The zero-order valence-corrected chi connectivity index (χ0v) is 16.5. The number of carbonyl (C=O) groups is 1. The first-order valence-electron chi connectivity index (χ1n) is 8.23. The van der Waals surface area contributed by atoms with Gasteiger partial charge in [0.2, 0.25) is 10.0 Å². The Labute approximate surface area is 166 Å². The zero-order chi connectivity index (χ0) is 20.1. The minimum atomic E-state index is -3.91. The van der Waals surface area contributed by atoms with Gasteiger partial charge in [-0.1, -0.05) is 30.3 Å². The summed E-state index contributed by atoms with van der Waals surface area (Å²) in [6.45, 7) is -0.512. The average molecular weight is 420 g/mol. The van der Waals surface area contributed by atoms with Gasteiger partial charge in [0.1, 0.15) is 24.0 Å². The number of halogens is 1. The summed E-state index contributed by atoms with van der Waals surface area (Å²) in [5, 5.41) is 2.59. The fourth-order valence-corrected chi connectivity index (χ4v) is 4.27. The smallest absolute Gasteiger partial charge is 0.321 e. The van der Waals surface area contributed by atoms with Gasteiger partial charge in [-0.15, -0.1) is 11.3 Å². The van der Waals surface area contributed by atoms with E-state index in [4.69, 9.17) is 4.74 Å². The molecular weight excluding hydrogens is 403 g/mol. The number of hydrogen-bond acceptors (Lipinski definition) is 6. The Morgan fingerprint density at radius 2 is 1.82 bits per heavy atom. The number of likely N-dealkylation sites (N-methyl/N-ethyl adjacent to an activating group) is 1. The fourth-order valence-electron chi connectivity index (χ4n) is 2.34. The van der Waals surface area contributed by atoms with E-state index in [-0.39, 0.29) is 11.5 Å². The second-order valence-corrected chi connectivity index (χ2v) is 8.79. The third kappa shape index (κ3) is 4.80. The van der Waals surface area contributed by atoms with Gasteiger partial charge in [0.05, 0.1) is 10.6 Å². The number of hydrogen-bond donors (Lipinski definition) is 0. The Morgan fingerprint density at radius 3 is 2.50 bits per heavy atom. The quantitative estimate of drug-likeness (QED) is 0.548. The van der Waals surface area contributed by atoms with Crippen molar-refractivity contribution in [3.63, 3.8) is 0 Å². The number of thiazole rings is 1. The van der Waals surface area contributed by atoms with Gasteiger partial charge < -0.3 is 4.74 Å². The standard InChI is InChI=1S/C19H17FN2O4S2/c1-22(28(24,25)17-9-7-15(20)8-10-17)11-18(23)26-12-16-13-27-19(21-16)14-5-3-2-4-6-14/h2-10,13H,11-12H2,1H3. The monoisotopic (exact) mass is 420 g/mol. The maximum Gasteiger partial charge on any atom is 0.321 e. The summed E-state index contributed by atoms with van der Waals surface area (Å²) in [6.07, 6.45) is 0. The van der Waals surface area contributed by atoms with Crippen LogP contribution in [0.3, 0.4) is 0 Å². The first-order chi connectivity index (χ1) is 13.4. The highest BCUT2D eigenvalue weighted by Gasteiger charge is 2.23. The van der Waals surface area contributed by atoms with Crippen LogP contribution < -0.4 is 0 Å². The maximum absolute atomic E-state index is 13.0. The Hall–Kier alpha value is -2.62. The second kappa shape index (κ2) is 8.59. The van der Waals surface area contributed by atoms with E-state index in [0.29, 0.717) is 5.69 Å². The van der Waals surface area contributed by atoms with E-state index in [0.717, 1.165) is 39.1 Å². The average Bonchev–Trinajstić information content (AvgIpc) is 3.16. The summed E-state index contributed by atoms with van der Waals surface area (Å²) in [5.41, 5.74) is 1.55. The number of sulfonamides is 1. The minimum Gasteiger partial charge on any atom is -0.458 e. The van der Waals surface area contributed by atoms with Crippen molar-refractivity contribution in [1.29, 1.82) is 0 Å². The van der Waals surface area contributed by atoms with Crippen LogP contribution >= 0.6 is 11.3 Å². The van der Waals surface area contributed by atoms with Gasteiger partial charge in [-0.25, -0.2) is 17.8 Å². The van der Waals surface area contributed by atoms with Gasteiger partial charge in [-0.05, 0) is 24.3 Å². The predicted octanol–water partition coefficient (Wildman–Crippen LogP) is 3.31. The van der Waals surface area contributed by atoms with Crippen molar-refractivity contribution in [2.45, 2.75) is 11.5 Å². The van der Waals surface area contributed by atoms with Crippen LogP contribution in [0.5, 0.6) is 0 Å². The third-order valence-corrected chi connectivity index (χ3v) is 6.58. The van der Waals surface area contributed by atoms with Crippen molar-refractivity contribution in [3.8, 4) is 10.6 Å². The molecule has 0 N–H and O–H groups in total. The molecule has 28 heavy (non-hydrogen) atoms. The minimum absolute atomic E-state index is 0.0490. The molecule has 1 heterocycles. The number of nitrogens with zero attached hydrogens (tertiary/aromatic N) is 2. The van der Waals surface area contributed by atoms with Crippen LogP contribution in [0, 0.1) is 5.82 Å². The number of carbonyl (C=O) groups excluding carboxylic acids is 1. The molecule has 0 saturated carbocycles. The highest BCUT2D eigenvalue weighted by molar-refractivity contribution is 7.89. The number of rotatable bonds is 7. The lowest BCUT2D eigenvalue weighted by molar-refractivity contribution is -0.145. The van der Waals surface area contributed by atoms with Crippen molar-refractivity contribution < 1.29 is 22.3 Å². The van der Waals surface area contributed by atoms with E-state index < -0.39 is 28.4 Å². The molecule has 0 aliphatic carbocycles. The van der Waals surface area contributed by atoms with Crippen molar-refractivity contribution in [1.82, 2.24) is 9.29 Å². The van der Waals surface area contributed by atoms with Crippen LogP contribution in [0.15, 0.2) is 64.9 Å². The largest absolute Gasteiger partial charge is 0.458 e. The van der Waals surface area contributed by atoms with Crippen LogP contribution in [0.4, 0.5) is 4.39 Å². The van der Waals surface area contributed by atoms with E-state index in [2.05, 4.69) is 4.98 Å². The van der Waals surface area contributed by atoms with Crippen LogP contribution in [0.2, 0.25) is 0 Å². The molecule has 0 atom stereocenters. The van der Waals surface area contributed by atoms with Crippen LogP contribution in [-0.4, -0.2) is 37.3 Å². The van der Waals surface area contributed by atoms with Crippen LogP contribution in [0.1, 0.15) is 5.69 Å².